The van der Waals surface area contributed by atoms with Crippen LogP contribution in [0.25, 0.3) is 0 Å². The van der Waals surface area contributed by atoms with Crippen LogP contribution in [0.5, 0.6) is 11.6 Å². The number of halogens is 1. The average molecular weight is 275 g/mol. The Morgan fingerprint density at radius 2 is 2.10 bits per heavy atom. The zero-order valence-electron chi connectivity index (χ0n) is 11.1. The van der Waals surface area contributed by atoms with E-state index in [0.29, 0.717) is 11.7 Å². The molecule has 1 N–H and O–H groups in total. The molecule has 5 heteroatoms. The molecule has 2 rings (SSSR count). The van der Waals surface area contributed by atoms with Crippen LogP contribution in [0.2, 0.25) is 0 Å². The highest BCUT2D eigenvalue weighted by molar-refractivity contribution is 5.90. The summed E-state index contributed by atoms with van der Waals surface area (Å²) in [6, 6.07) is 8.16. The lowest BCUT2D eigenvalue weighted by Crippen LogP contribution is -2.03. The minimum atomic E-state index is -1.29. The average Bonchev–Trinajstić information content (AvgIpc) is 2.41. The molecule has 4 nitrogen and oxygen atoms in total. The van der Waals surface area contributed by atoms with Crippen molar-refractivity contribution in [3.63, 3.8) is 0 Å². The topological polar surface area (TPSA) is 59.4 Å². The van der Waals surface area contributed by atoms with Gasteiger partial charge in [0.05, 0.1) is 6.20 Å². The maximum absolute atomic E-state index is 13.0. The van der Waals surface area contributed by atoms with Crippen molar-refractivity contribution < 1.29 is 19.0 Å². The van der Waals surface area contributed by atoms with Gasteiger partial charge in [-0.25, -0.2) is 14.2 Å². The van der Waals surface area contributed by atoms with Crippen LogP contribution < -0.4 is 4.74 Å². The first-order chi connectivity index (χ1) is 9.47. The minimum absolute atomic E-state index is 0.125. The highest BCUT2D eigenvalue weighted by Gasteiger charge is 2.15. The van der Waals surface area contributed by atoms with Gasteiger partial charge in [0, 0.05) is 0 Å². The van der Waals surface area contributed by atoms with Gasteiger partial charge in [0.2, 0.25) is 5.88 Å². The smallest absolute Gasteiger partial charge is 0.341 e. The molecule has 0 fully saturated rings. The number of carbonyl (C=O) groups is 1. The van der Waals surface area contributed by atoms with Crippen LogP contribution in [0.3, 0.4) is 0 Å². The van der Waals surface area contributed by atoms with Crippen molar-refractivity contribution in [2.24, 2.45) is 0 Å². The van der Waals surface area contributed by atoms with E-state index < -0.39 is 11.8 Å². The van der Waals surface area contributed by atoms with E-state index in [1.54, 1.807) is 12.1 Å². The number of aromatic carboxylic acids is 1. The number of carboxylic acid groups (broad SMARTS) is 1. The molecule has 0 atom stereocenters. The zero-order valence-corrected chi connectivity index (χ0v) is 11.1. The predicted octanol–water partition coefficient (Wildman–Crippen LogP) is 3.83. The summed E-state index contributed by atoms with van der Waals surface area (Å²) in [7, 11) is 0. The Bertz CT molecular complexity index is 641. The highest BCUT2D eigenvalue weighted by Crippen LogP contribution is 2.26. The second-order valence-electron chi connectivity index (χ2n) is 4.64. The van der Waals surface area contributed by atoms with Crippen LogP contribution in [-0.2, 0) is 0 Å². The lowest BCUT2D eigenvalue weighted by Gasteiger charge is -2.10. The number of benzene rings is 1. The second-order valence-corrected chi connectivity index (χ2v) is 4.64. The highest BCUT2D eigenvalue weighted by atomic mass is 19.1. The molecule has 0 aliphatic rings. The summed E-state index contributed by atoms with van der Waals surface area (Å²) in [6.07, 6.45) is 0.925. The standard InChI is InChI=1S/C15H14FNO3/c1-9(2)10-4-3-5-12(6-10)20-14-13(15(18)19)7-11(16)8-17-14/h3-9H,1-2H3,(H,18,19). The van der Waals surface area contributed by atoms with Crippen molar-refractivity contribution in [1.29, 1.82) is 0 Å². The molecule has 0 unspecified atom stereocenters. The largest absolute Gasteiger partial charge is 0.477 e. The second kappa shape index (κ2) is 5.69. The Hall–Kier alpha value is -2.43. The SMILES string of the molecule is CC(C)c1cccc(Oc2ncc(F)cc2C(=O)O)c1. The lowest BCUT2D eigenvalue weighted by atomic mass is 10.0. The maximum atomic E-state index is 13.0. The molecular weight excluding hydrogens is 261 g/mol. The van der Waals surface area contributed by atoms with E-state index in [9.17, 15) is 9.18 Å². The number of carboxylic acids is 1. The van der Waals surface area contributed by atoms with Gasteiger partial charge in [-0.1, -0.05) is 26.0 Å². The molecule has 1 aromatic heterocycles. The van der Waals surface area contributed by atoms with Crippen molar-refractivity contribution in [2.45, 2.75) is 19.8 Å². The molecule has 0 aliphatic heterocycles. The van der Waals surface area contributed by atoms with Crippen LogP contribution in [0.1, 0.15) is 35.7 Å². The monoisotopic (exact) mass is 275 g/mol. The first-order valence-corrected chi connectivity index (χ1v) is 6.14. The molecule has 0 aliphatic carbocycles. The van der Waals surface area contributed by atoms with Crippen LogP contribution >= 0.6 is 0 Å². The molecule has 1 heterocycles. The summed E-state index contributed by atoms with van der Waals surface area (Å²) in [5, 5.41) is 9.02. The number of aromatic nitrogens is 1. The molecule has 0 saturated carbocycles. The Kier molecular flexibility index (Phi) is 3.98. The number of nitrogens with zero attached hydrogens (tertiary/aromatic N) is 1. The molecule has 20 heavy (non-hydrogen) atoms. The third kappa shape index (κ3) is 3.12. The molecular formula is C15H14FNO3. The fraction of sp³-hybridized carbons (Fsp3) is 0.200. The first kappa shape index (κ1) is 14.0. The molecule has 0 amide bonds. The van der Waals surface area contributed by atoms with Crippen molar-refractivity contribution in [3.8, 4) is 11.6 Å². The quantitative estimate of drug-likeness (QED) is 0.921. The van der Waals surface area contributed by atoms with E-state index in [4.69, 9.17) is 9.84 Å². The third-order valence-corrected chi connectivity index (χ3v) is 2.79. The van der Waals surface area contributed by atoms with E-state index in [1.807, 2.05) is 26.0 Å². The normalized spacial score (nSPS) is 10.6. The van der Waals surface area contributed by atoms with Gasteiger partial charge >= 0.3 is 5.97 Å². The third-order valence-electron chi connectivity index (χ3n) is 2.79. The number of pyridine rings is 1. The number of hydrogen-bond acceptors (Lipinski definition) is 3. The number of ether oxygens (including phenoxy) is 1. The Morgan fingerprint density at radius 1 is 1.35 bits per heavy atom. The lowest BCUT2D eigenvalue weighted by molar-refractivity contribution is 0.0692. The maximum Gasteiger partial charge on any atom is 0.341 e. The number of hydrogen-bond donors (Lipinski definition) is 1. The van der Waals surface area contributed by atoms with E-state index in [2.05, 4.69) is 4.98 Å². The fourth-order valence-corrected chi connectivity index (χ4v) is 1.71. The van der Waals surface area contributed by atoms with Crippen molar-refractivity contribution in [1.82, 2.24) is 4.98 Å². The van der Waals surface area contributed by atoms with E-state index in [1.165, 1.54) is 0 Å². The number of rotatable bonds is 4. The molecule has 0 saturated heterocycles. The molecule has 0 radical (unpaired) electrons. The van der Waals surface area contributed by atoms with Crippen molar-refractivity contribution in [2.75, 3.05) is 0 Å². The van der Waals surface area contributed by atoms with Crippen LogP contribution in [-0.4, -0.2) is 16.1 Å². The van der Waals surface area contributed by atoms with Gasteiger partial charge in [-0.2, -0.15) is 0 Å². The summed E-state index contributed by atoms with van der Waals surface area (Å²) in [5.41, 5.74) is 0.751. The van der Waals surface area contributed by atoms with Gasteiger partial charge in [-0.15, -0.1) is 0 Å². The van der Waals surface area contributed by atoms with Crippen molar-refractivity contribution in [3.05, 3.63) is 53.5 Å². The summed E-state index contributed by atoms with van der Waals surface area (Å²) >= 11 is 0. The molecule has 0 bridgehead atoms. The summed E-state index contributed by atoms with van der Waals surface area (Å²) in [4.78, 5) is 14.7. The molecule has 104 valence electrons. The van der Waals surface area contributed by atoms with Gasteiger partial charge in [0.25, 0.3) is 0 Å². The van der Waals surface area contributed by atoms with Gasteiger partial charge in [-0.3, -0.25) is 0 Å². The predicted molar refractivity (Wildman–Crippen MR) is 71.8 cm³/mol. The summed E-state index contributed by atoms with van der Waals surface area (Å²) in [5.74, 6) is -1.34. The molecule has 1 aromatic carbocycles. The summed E-state index contributed by atoms with van der Waals surface area (Å²) in [6.45, 7) is 4.08. The van der Waals surface area contributed by atoms with Crippen molar-refractivity contribution >= 4 is 5.97 Å². The van der Waals surface area contributed by atoms with Gasteiger partial charge in [-0.05, 0) is 29.7 Å². The van der Waals surface area contributed by atoms with Crippen LogP contribution in [0.4, 0.5) is 4.39 Å². The Labute approximate surface area is 115 Å². The minimum Gasteiger partial charge on any atom is -0.477 e. The van der Waals surface area contributed by atoms with Gasteiger partial charge in [0.1, 0.15) is 17.1 Å². The molecule has 2 aromatic rings. The first-order valence-electron chi connectivity index (χ1n) is 6.14. The molecule has 0 spiro atoms. The van der Waals surface area contributed by atoms with E-state index in [-0.39, 0.29) is 11.4 Å². The Morgan fingerprint density at radius 3 is 2.75 bits per heavy atom. The van der Waals surface area contributed by atoms with Crippen LogP contribution in [0.15, 0.2) is 36.5 Å². The van der Waals surface area contributed by atoms with Gasteiger partial charge < -0.3 is 9.84 Å². The Balaban J connectivity index is 2.35. The fourth-order valence-electron chi connectivity index (χ4n) is 1.71. The van der Waals surface area contributed by atoms with Crippen LogP contribution in [0, 0.1) is 5.82 Å². The summed E-state index contributed by atoms with van der Waals surface area (Å²) < 4.78 is 18.5. The zero-order chi connectivity index (χ0) is 14.7. The van der Waals surface area contributed by atoms with Gasteiger partial charge in [0.15, 0.2) is 0 Å². The van der Waals surface area contributed by atoms with E-state index in [0.717, 1.165) is 17.8 Å². The van der Waals surface area contributed by atoms with E-state index >= 15 is 0 Å².